The number of para-hydroxylation sites is 2. The molecule has 0 atom stereocenters. The van der Waals surface area contributed by atoms with Crippen LogP contribution < -0.4 is 14.8 Å². The number of likely N-dealkylation sites (N-methyl/N-ethyl adjacent to an activating group) is 1. The Morgan fingerprint density at radius 1 is 1.15 bits per heavy atom. The van der Waals surface area contributed by atoms with Gasteiger partial charge in [0.1, 0.15) is 18.1 Å². The lowest BCUT2D eigenvalue weighted by atomic mass is 10.2. The molecule has 2 rings (SSSR count). The minimum absolute atomic E-state index is 0.0683. The summed E-state index contributed by atoms with van der Waals surface area (Å²) in [5, 5.41) is 2.58. The van der Waals surface area contributed by atoms with Crippen LogP contribution in [0.3, 0.4) is 0 Å². The maximum Gasteiger partial charge on any atom is 0.387 e. The average molecular weight is 364 g/mol. The fraction of sp³-hybridized carbons (Fsp3) is 0.316. The second-order valence-electron chi connectivity index (χ2n) is 5.82. The van der Waals surface area contributed by atoms with E-state index < -0.39 is 6.61 Å². The average Bonchev–Trinajstić information content (AvgIpc) is 2.58. The quantitative estimate of drug-likeness (QED) is 0.739. The molecule has 2 aromatic carbocycles. The summed E-state index contributed by atoms with van der Waals surface area (Å²) in [5.74, 6) is 0.376. The molecule has 0 spiro atoms. The molecule has 0 radical (unpaired) electrons. The summed E-state index contributed by atoms with van der Waals surface area (Å²) in [6.45, 7) is 0.115. The van der Waals surface area contributed by atoms with Gasteiger partial charge in [0.05, 0.1) is 12.2 Å². The number of alkyl halides is 2. The monoisotopic (exact) mass is 364 g/mol. The zero-order valence-electron chi connectivity index (χ0n) is 14.7. The number of aryl methyl sites for hydroxylation is 1. The standard InChI is InChI=1S/C19H22F2N2O3/c1-14-7-9-15(10-8-14)25-12-11-23(2)13-18(24)22-16-5-3-4-6-17(16)26-19(20)21/h3-10,19H,11-13H2,1-2H3,(H,22,24). The summed E-state index contributed by atoms with van der Waals surface area (Å²) in [4.78, 5) is 13.9. The number of nitrogens with one attached hydrogen (secondary N) is 1. The normalized spacial score (nSPS) is 10.8. The lowest BCUT2D eigenvalue weighted by Gasteiger charge is -2.17. The number of anilines is 1. The number of carbonyl (C=O) groups excluding carboxylic acids is 1. The predicted molar refractivity (Wildman–Crippen MR) is 95.9 cm³/mol. The van der Waals surface area contributed by atoms with Gasteiger partial charge in [-0.05, 0) is 38.2 Å². The number of rotatable bonds is 9. The van der Waals surface area contributed by atoms with Crippen molar-refractivity contribution in [3.63, 3.8) is 0 Å². The van der Waals surface area contributed by atoms with Crippen LogP contribution in [0.1, 0.15) is 5.56 Å². The Hall–Kier alpha value is -2.67. The van der Waals surface area contributed by atoms with Crippen LogP contribution in [0.2, 0.25) is 0 Å². The topological polar surface area (TPSA) is 50.8 Å². The number of hydrogen-bond acceptors (Lipinski definition) is 4. The van der Waals surface area contributed by atoms with Crippen LogP contribution in [0.25, 0.3) is 0 Å². The highest BCUT2D eigenvalue weighted by atomic mass is 19.3. The molecule has 26 heavy (non-hydrogen) atoms. The van der Waals surface area contributed by atoms with Gasteiger partial charge in [0, 0.05) is 6.54 Å². The molecule has 1 amide bonds. The van der Waals surface area contributed by atoms with Crippen LogP contribution in [-0.2, 0) is 4.79 Å². The third-order valence-electron chi connectivity index (χ3n) is 3.55. The number of halogens is 2. The molecule has 1 N–H and O–H groups in total. The lowest BCUT2D eigenvalue weighted by molar-refractivity contribution is -0.117. The molecule has 0 aliphatic carbocycles. The van der Waals surface area contributed by atoms with E-state index in [1.165, 1.54) is 12.1 Å². The molecule has 0 heterocycles. The van der Waals surface area contributed by atoms with E-state index >= 15 is 0 Å². The molecule has 0 saturated heterocycles. The first-order valence-corrected chi connectivity index (χ1v) is 8.16. The first-order chi connectivity index (χ1) is 12.4. The first-order valence-electron chi connectivity index (χ1n) is 8.16. The molecular formula is C19H22F2N2O3. The molecule has 2 aromatic rings. The number of amides is 1. The Balaban J connectivity index is 1.77. The Bertz CT molecular complexity index is 708. The van der Waals surface area contributed by atoms with Crippen molar-refractivity contribution in [3.05, 3.63) is 54.1 Å². The van der Waals surface area contributed by atoms with Crippen LogP contribution in [0.15, 0.2) is 48.5 Å². The van der Waals surface area contributed by atoms with Crippen molar-refractivity contribution < 1.29 is 23.0 Å². The van der Waals surface area contributed by atoms with E-state index in [-0.39, 0.29) is 23.9 Å². The maximum absolute atomic E-state index is 12.4. The third-order valence-corrected chi connectivity index (χ3v) is 3.55. The zero-order chi connectivity index (χ0) is 18.9. The summed E-state index contributed by atoms with van der Waals surface area (Å²) < 4.78 is 34.8. The van der Waals surface area contributed by atoms with Gasteiger partial charge in [0.25, 0.3) is 0 Å². The van der Waals surface area contributed by atoms with Crippen molar-refractivity contribution in [1.82, 2.24) is 4.90 Å². The van der Waals surface area contributed by atoms with Gasteiger partial charge in [-0.25, -0.2) is 0 Å². The molecule has 0 saturated carbocycles. The summed E-state index contributed by atoms with van der Waals surface area (Å²) in [5.41, 5.74) is 1.37. The second-order valence-corrected chi connectivity index (χ2v) is 5.82. The smallest absolute Gasteiger partial charge is 0.387 e. The van der Waals surface area contributed by atoms with Crippen molar-refractivity contribution >= 4 is 11.6 Å². The molecule has 0 fully saturated rings. The molecule has 0 aromatic heterocycles. The van der Waals surface area contributed by atoms with Gasteiger partial charge in [-0.1, -0.05) is 29.8 Å². The number of carbonyl (C=O) groups is 1. The van der Waals surface area contributed by atoms with E-state index in [0.717, 1.165) is 11.3 Å². The van der Waals surface area contributed by atoms with Gasteiger partial charge in [0.2, 0.25) is 5.91 Å². The molecule has 0 aliphatic heterocycles. The number of hydrogen-bond donors (Lipinski definition) is 1. The summed E-state index contributed by atoms with van der Waals surface area (Å²) in [6.07, 6.45) is 0. The zero-order valence-corrected chi connectivity index (χ0v) is 14.7. The van der Waals surface area contributed by atoms with Gasteiger partial charge in [-0.15, -0.1) is 0 Å². The minimum Gasteiger partial charge on any atom is -0.492 e. The van der Waals surface area contributed by atoms with Gasteiger partial charge >= 0.3 is 6.61 Å². The van der Waals surface area contributed by atoms with E-state index in [1.54, 1.807) is 24.1 Å². The maximum atomic E-state index is 12.4. The summed E-state index contributed by atoms with van der Waals surface area (Å²) >= 11 is 0. The fourth-order valence-electron chi connectivity index (χ4n) is 2.24. The van der Waals surface area contributed by atoms with Crippen molar-refractivity contribution in [2.75, 3.05) is 32.1 Å². The van der Waals surface area contributed by atoms with Crippen LogP contribution in [0, 0.1) is 6.92 Å². The third kappa shape index (κ3) is 6.68. The van der Waals surface area contributed by atoms with Crippen LogP contribution in [0.5, 0.6) is 11.5 Å². The van der Waals surface area contributed by atoms with Crippen molar-refractivity contribution in [1.29, 1.82) is 0 Å². The van der Waals surface area contributed by atoms with E-state index in [0.29, 0.717) is 13.2 Å². The summed E-state index contributed by atoms with van der Waals surface area (Å²) in [7, 11) is 1.78. The fourth-order valence-corrected chi connectivity index (χ4v) is 2.24. The Kier molecular flexibility index (Phi) is 7.35. The van der Waals surface area contributed by atoms with Crippen LogP contribution >= 0.6 is 0 Å². The number of ether oxygens (including phenoxy) is 2. The molecule has 5 nitrogen and oxygen atoms in total. The molecule has 0 aliphatic rings. The Labute approximate surface area is 151 Å². The second kappa shape index (κ2) is 9.72. The van der Waals surface area contributed by atoms with Crippen LogP contribution in [-0.4, -0.2) is 44.2 Å². The van der Waals surface area contributed by atoms with Gasteiger partial charge in [0.15, 0.2) is 0 Å². The van der Waals surface area contributed by atoms with Gasteiger partial charge in [-0.3, -0.25) is 9.69 Å². The predicted octanol–water partition coefficient (Wildman–Crippen LogP) is 3.55. The Morgan fingerprint density at radius 2 is 1.85 bits per heavy atom. The minimum atomic E-state index is -2.95. The molecule has 140 valence electrons. The number of benzene rings is 2. The highest BCUT2D eigenvalue weighted by molar-refractivity contribution is 5.93. The van der Waals surface area contributed by atoms with E-state index in [2.05, 4.69) is 10.1 Å². The van der Waals surface area contributed by atoms with Crippen molar-refractivity contribution in [2.24, 2.45) is 0 Å². The van der Waals surface area contributed by atoms with E-state index in [1.807, 2.05) is 31.2 Å². The van der Waals surface area contributed by atoms with Crippen molar-refractivity contribution in [2.45, 2.75) is 13.5 Å². The molecule has 0 unspecified atom stereocenters. The van der Waals surface area contributed by atoms with E-state index in [9.17, 15) is 13.6 Å². The highest BCUT2D eigenvalue weighted by Crippen LogP contribution is 2.25. The highest BCUT2D eigenvalue weighted by Gasteiger charge is 2.12. The largest absolute Gasteiger partial charge is 0.492 e. The molecule has 0 bridgehead atoms. The SMILES string of the molecule is Cc1ccc(OCCN(C)CC(=O)Nc2ccccc2OC(F)F)cc1. The van der Waals surface area contributed by atoms with Gasteiger partial charge in [-0.2, -0.15) is 8.78 Å². The molecular weight excluding hydrogens is 342 g/mol. The molecule has 7 heteroatoms. The lowest BCUT2D eigenvalue weighted by Crippen LogP contribution is -2.33. The summed E-state index contributed by atoms with van der Waals surface area (Å²) in [6, 6.07) is 13.8. The van der Waals surface area contributed by atoms with Gasteiger partial charge < -0.3 is 14.8 Å². The first kappa shape index (κ1) is 19.7. The number of nitrogens with zero attached hydrogens (tertiary/aromatic N) is 1. The Morgan fingerprint density at radius 3 is 2.54 bits per heavy atom. The van der Waals surface area contributed by atoms with Crippen molar-refractivity contribution in [3.8, 4) is 11.5 Å². The van der Waals surface area contributed by atoms with Crippen LogP contribution in [0.4, 0.5) is 14.5 Å². The van der Waals surface area contributed by atoms with E-state index in [4.69, 9.17) is 4.74 Å².